The Kier molecular flexibility index (Phi) is 5.87. The van der Waals surface area contributed by atoms with Gasteiger partial charge in [-0.3, -0.25) is 9.59 Å². The third-order valence-electron chi connectivity index (χ3n) is 3.56. The Labute approximate surface area is 172 Å². The lowest BCUT2D eigenvalue weighted by Crippen LogP contribution is -2.16. The number of hydrogen-bond acceptors (Lipinski definition) is 6. The third kappa shape index (κ3) is 4.71. The summed E-state index contributed by atoms with van der Waals surface area (Å²) in [6, 6.07) is 2.54. The van der Waals surface area contributed by atoms with Gasteiger partial charge in [0.1, 0.15) is 4.83 Å². The van der Waals surface area contributed by atoms with Crippen molar-refractivity contribution in [1.82, 2.24) is 9.97 Å². The van der Waals surface area contributed by atoms with Crippen LogP contribution in [0, 0.1) is 0 Å². The maximum Gasteiger partial charge on any atom is 0.416 e. The van der Waals surface area contributed by atoms with E-state index in [1.807, 2.05) is 0 Å². The lowest BCUT2D eigenvalue weighted by Gasteiger charge is -2.11. The molecule has 0 atom stereocenters. The summed E-state index contributed by atoms with van der Waals surface area (Å²) < 4.78 is 38.4. The van der Waals surface area contributed by atoms with Gasteiger partial charge in [-0.1, -0.05) is 23.4 Å². The smallest absolute Gasteiger partial charge is 0.416 e. The molecule has 0 fully saturated rings. The molecule has 3 aromatic rings. The number of carbonyl (C=O) groups excluding carboxylic acids is 1. The molecule has 29 heavy (non-hydrogen) atoms. The Morgan fingerprint density at radius 1 is 1.34 bits per heavy atom. The first kappa shape index (κ1) is 21.1. The van der Waals surface area contributed by atoms with Crippen LogP contribution in [0.15, 0.2) is 33.5 Å². The van der Waals surface area contributed by atoms with Crippen LogP contribution in [0.3, 0.4) is 0 Å². The molecule has 1 amide bonds. The maximum atomic E-state index is 12.8. The first-order chi connectivity index (χ1) is 13.6. The van der Waals surface area contributed by atoms with E-state index < -0.39 is 29.2 Å². The number of carboxylic acid groups (broad SMARTS) is 1. The summed E-state index contributed by atoms with van der Waals surface area (Å²) in [5.41, 5.74) is -2.01. The highest BCUT2D eigenvalue weighted by Gasteiger charge is 2.31. The number of aromatic carboxylic acids is 1. The van der Waals surface area contributed by atoms with Gasteiger partial charge in [-0.15, -0.1) is 11.3 Å². The quantitative estimate of drug-likeness (QED) is 0.388. The highest BCUT2D eigenvalue weighted by atomic mass is 35.5. The number of fused-ring (bicyclic) bond motifs is 1. The Balaban J connectivity index is 1.73. The SMILES string of the molecule is O=C(CSc1nc2scc(C(=O)O)c2c(=O)[nH]1)Nc1cc(C(F)(F)F)ccc1Cl. The Morgan fingerprint density at radius 2 is 2.07 bits per heavy atom. The van der Waals surface area contributed by atoms with Crippen molar-refractivity contribution in [1.29, 1.82) is 0 Å². The summed E-state index contributed by atoms with van der Waals surface area (Å²) in [6.45, 7) is 0. The number of H-pyrrole nitrogens is 1. The largest absolute Gasteiger partial charge is 0.478 e. The van der Waals surface area contributed by atoms with Crippen LogP contribution in [0.25, 0.3) is 10.2 Å². The highest BCUT2D eigenvalue weighted by Crippen LogP contribution is 2.34. The van der Waals surface area contributed by atoms with Gasteiger partial charge in [-0.05, 0) is 18.2 Å². The molecular weight excluding hydrogens is 455 g/mol. The van der Waals surface area contributed by atoms with Gasteiger partial charge in [0.05, 0.1) is 33.0 Å². The molecule has 0 radical (unpaired) electrons. The average molecular weight is 464 g/mol. The van der Waals surface area contributed by atoms with Crippen molar-refractivity contribution in [2.24, 2.45) is 0 Å². The van der Waals surface area contributed by atoms with E-state index >= 15 is 0 Å². The number of anilines is 1. The number of aromatic amines is 1. The number of hydrogen-bond donors (Lipinski definition) is 3. The van der Waals surface area contributed by atoms with Gasteiger partial charge in [-0.25, -0.2) is 9.78 Å². The van der Waals surface area contributed by atoms with Crippen molar-refractivity contribution < 1.29 is 27.9 Å². The number of nitrogens with zero attached hydrogens (tertiary/aromatic N) is 1. The molecule has 2 heterocycles. The molecule has 3 N–H and O–H groups in total. The second kappa shape index (κ2) is 8.05. The van der Waals surface area contributed by atoms with Crippen molar-refractivity contribution in [2.75, 3.05) is 11.1 Å². The van der Waals surface area contributed by atoms with Crippen LogP contribution in [0.1, 0.15) is 15.9 Å². The van der Waals surface area contributed by atoms with Crippen molar-refractivity contribution >= 4 is 62.5 Å². The summed E-state index contributed by atoms with van der Waals surface area (Å²) in [5.74, 6) is -2.21. The van der Waals surface area contributed by atoms with Crippen molar-refractivity contribution in [3.63, 3.8) is 0 Å². The molecular formula is C16H9ClF3N3O4S2. The van der Waals surface area contributed by atoms with Crippen molar-refractivity contribution in [2.45, 2.75) is 11.3 Å². The highest BCUT2D eigenvalue weighted by molar-refractivity contribution is 7.99. The molecule has 1 aromatic carbocycles. The molecule has 0 unspecified atom stereocenters. The summed E-state index contributed by atoms with van der Waals surface area (Å²) in [7, 11) is 0. The fraction of sp³-hybridized carbons (Fsp3) is 0.125. The number of rotatable bonds is 5. The van der Waals surface area contributed by atoms with Gasteiger partial charge in [-0.2, -0.15) is 13.2 Å². The topological polar surface area (TPSA) is 112 Å². The minimum Gasteiger partial charge on any atom is -0.478 e. The van der Waals surface area contributed by atoms with E-state index in [1.54, 1.807) is 0 Å². The van der Waals surface area contributed by atoms with E-state index in [9.17, 15) is 27.6 Å². The number of aromatic nitrogens is 2. The predicted molar refractivity (Wildman–Crippen MR) is 103 cm³/mol. The number of carbonyl (C=O) groups is 2. The zero-order valence-corrected chi connectivity index (χ0v) is 16.4. The van der Waals surface area contributed by atoms with Crippen LogP contribution in [-0.4, -0.2) is 32.7 Å². The third-order valence-corrected chi connectivity index (χ3v) is 5.64. The number of carboxylic acids is 1. The minimum atomic E-state index is -4.59. The van der Waals surface area contributed by atoms with Crippen LogP contribution in [0.4, 0.5) is 18.9 Å². The van der Waals surface area contributed by atoms with Crippen LogP contribution in [-0.2, 0) is 11.0 Å². The standard InChI is InChI=1S/C16H9ClF3N3O4S2/c17-8-2-1-6(16(18,19)20)3-9(8)21-10(24)5-29-15-22-12(25)11-7(14(26)27)4-28-13(11)23-15/h1-4H,5H2,(H,21,24)(H,26,27)(H,22,23,25). The number of thioether (sulfide) groups is 1. The fourth-order valence-electron chi connectivity index (χ4n) is 2.27. The molecule has 0 saturated carbocycles. The van der Waals surface area contributed by atoms with Crippen LogP contribution in [0.5, 0.6) is 0 Å². The van der Waals surface area contributed by atoms with Crippen LogP contribution >= 0.6 is 34.7 Å². The number of amides is 1. The Hall–Kier alpha value is -2.57. The Bertz CT molecular complexity index is 1180. The second-order valence-electron chi connectivity index (χ2n) is 5.53. The molecule has 0 aliphatic carbocycles. The van der Waals surface area contributed by atoms with E-state index in [-0.39, 0.29) is 37.4 Å². The van der Waals surface area contributed by atoms with Crippen molar-refractivity contribution in [3.05, 3.63) is 50.1 Å². The number of halogens is 4. The first-order valence-electron chi connectivity index (χ1n) is 7.60. The van der Waals surface area contributed by atoms with E-state index in [0.29, 0.717) is 0 Å². The molecule has 0 spiro atoms. The number of nitrogens with one attached hydrogen (secondary N) is 2. The fourth-order valence-corrected chi connectivity index (χ4v) is 4.07. The normalized spacial score (nSPS) is 11.6. The number of alkyl halides is 3. The maximum absolute atomic E-state index is 12.8. The van der Waals surface area contributed by atoms with Crippen molar-refractivity contribution in [3.8, 4) is 0 Å². The van der Waals surface area contributed by atoms with Gasteiger partial charge >= 0.3 is 12.1 Å². The lowest BCUT2D eigenvalue weighted by atomic mass is 10.2. The van der Waals surface area contributed by atoms with Gasteiger partial charge in [0.25, 0.3) is 5.56 Å². The monoisotopic (exact) mass is 463 g/mol. The lowest BCUT2D eigenvalue weighted by molar-refractivity contribution is -0.137. The zero-order chi connectivity index (χ0) is 21.3. The van der Waals surface area contributed by atoms with E-state index in [1.165, 1.54) is 5.38 Å². The second-order valence-corrected chi connectivity index (χ2v) is 7.76. The average Bonchev–Trinajstić information content (AvgIpc) is 3.06. The molecule has 0 aliphatic heterocycles. The molecule has 13 heteroatoms. The molecule has 2 aromatic heterocycles. The van der Waals surface area contributed by atoms with Crippen LogP contribution < -0.4 is 10.9 Å². The zero-order valence-electron chi connectivity index (χ0n) is 14.0. The van der Waals surface area contributed by atoms with E-state index in [2.05, 4.69) is 15.3 Å². The summed E-state index contributed by atoms with van der Waals surface area (Å²) >= 11 is 7.62. The molecule has 3 rings (SSSR count). The molecule has 0 aliphatic rings. The summed E-state index contributed by atoms with van der Waals surface area (Å²) in [6.07, 6.45) is -4.59. The van der Waals surface area contributed by atoms with Crippen LogP contribution in [0.2, 0.25) is 5.02 Å². The molecule has 152 valence electrons. The molecule has 0 bridgehead atoms. The van der Waals surface area contributed by atoms with E-state index in [4.69, 9.17) is 16.7 Å². The van der Waals surface area contributed by atoms with Gasteiger partial charge in [0.15, 0.2) is 5.16 Å². The summed E-state index contributed by atoms with van der Waals surface area (Å²) in [4.78, 5) is 41.9. The summed E-state index contributed by atoms with van der Waals surface area (Å²) in [5, 5.41) is 12.6. The Morgan fingerprint density at radius 3 is 2.72 bits per heavy atom. The van der Waals surface area contributed by atoms with Gasteiger partial charge < -0.3 is 15.4 Å². The van der Waals surface area contributed by atoms with Gasteiger partial charge in [0.2, 0.25) is 5.91 Å². The van der Waals surface area contributed by atoms with Gasteiger partial charge in [0, 0.05) is 5.38 Å². The minimum absolute atomic E-state index is 0.0616. The first-order valence-corrected chi connectivity index (χ1v) is 9.85. The predicted octanol–water partition coefficient (Wildman–Crippen LogP) is 4.09. The number of benzene rings is 1. The molecule has 7 nitrogen and oxygen atoms in total. The number of thiophene rings is 1. The molecule has 0 saturated heterocycles. The van der Waals surface area contributed by atoms with E-state index in [0.717, 1.165) is 41.3 Å².